The van der Waals surface area contributed by atoms with E-state index in [9.17, 15) is 4.79 Å². The number of fused-ring (bicyclic) bond motifs is 2. The Hall–Kier alpha value is -2.83. The average molecular weight is 298 g/mol. The fraction of sp³-hybridized carbons (Fsp3) is 0.267. The molecule has 4 rings (SSSR count). The van der Waals surface area contributed by atoms with Crippen molar-refractivity contribution in [1.29, 1.82) is 0 Å². The highest BCUT2D eigenvalue weighted by atomic mass is 16.5. The molecule has 0 bridgehead atoms. The van der Waals surface area contributed by atoms with Crippen LogP contribution in [0.25, 0.3) is 11.1 Å². The third-order valence-corrected chi connectivity index (χ3v) is 3.83. The van der Waals surface area contributed by atoms with Gasteiger partial charge < -0.3 is 18.6 Å². The third kappa shape index (κ3) is 1.93. The summed E-state index contributed by atoms with van der Waals surface area (Å²) >= 11 is 0. The lowest BCUT2D eigenvalue weighted by atomic mass is 10.2. The average Bonchev–Trinajstić information content (AvgIpc) is 3.18. The molecule has 0 N–H and O–H groups in total. The Morgan fingerprint density at radius 3 is 3.14 bits per heavy atom. The van der Waals surface area contributed by atoms with E-state index in [4.69, 9.17) is 9.15 Å². The largest absolute Gasteiger partial charge is 0.465 e. The molecule has 112 valence electrons. The zero-order valence-electron chi connectivity index (χ0n) is 12.0. The zero-order valence-corrected chi connectivity index (χ0v) is 12.0. The van der Waals surface area contributed by atoms with Gasteiger partial charge in [0.1, 0.15) is 11.3 Å². The molecule has 7 nitrogen and oxygen atoms in total. The molecule has 0 saturated heterocycles. The molecule has 0 radical (unpaired) electrons. The van der Waals surface area contributed by atoms with E-state index in [1.54, 1.807) is 24.4 Å². The number of carbonyl (C=O) groups excluding carboxylic acids is 1. The van der Waals surface area contributed by atoms with Gasteiger partial charge in [0.05, 0.1) is 19.2 Å². The predicted molar refractivity (Wildman–Crippen MR) is 78.6 cm³/mol. The number of imidazole rings is 1. The molecular weight excluding hydrogens is 284 g/mol. The molecule has 2 aromatic heterocycles. The second kappa shape index (κ2) is 4.87. The smallest absolute Gasteiger partial charge is 0.340 e. The summed E-state index contributed by atoms with van der Waals surface area (Å²) in [6.45, 7) is 2.25. The monoisotopic (exact) mass is 298 g/mol. The lowest BCUT2D eigenvalue weighted by molar-refractivity contribution is 0.0603. The van der Waals surface area contributed by atoms with Crippen LogP contribution in [0.2, 0.25) is 0 Å². The number of nitrogens with zero attached hydrogens (tertiary/aromatic N) is 4. The second-order valence-corrected chi connectivity index (χ2v) is 5.10. The van der Waals surface area contributed by atoms with E-state index in [-0.39, 0.29) is 0 Å². The lowest BCUT2D eigenvalue weighted by Crippen LogP contribution is -2.33. The summed E-state index contributed by atoms with van der Waals surface area (Å²) in [7, 11) is 1.35. The van der Waals surface area contributed by atoms with E-state index in [0.29, 0.717) is 29.2 Å². The summed E-state index contributed by atoms with van der Waals surface area (Å²) in [6, 6.07) is 5.74. The maximum Gasteiger partial charge on any atom is 0.340 e. The van der Waals surface area contributed by atoms with Crippen LogP contribution >= 0.6 is 0 Å². The number of benzene rings is 1. The number of oxazole rings is 1. The Labute approximate surface area is 126 Å². The van der Waals surface area contributed by atoms with Gasteiger partial charge in [-0.05, 0) is 12.1 Å². The van der Waals surface area contributed by atoms with Crippen LogP contribution in [-0.2, 0) is 17.8 Å². The highest BCUT2D eigenvalue weighted by Gasteiger charge is 2.23. The van der Waals surface area contributed by atoms with Gasteiger partial charge in [-0.15, -0.1) is 0 Å². The Bertz CT molecular complexity index is 851. The van der Waals surface area contributed by atoms with Crippen LogP contribution in [-0.4, -0.2) is 34.2 Å². The topological polar surface area (TPSA) is 73.4 Å². The molecule has 3 heterocycles. The Morgan fingerprint density at radius 2 is 2.27 bits per heavy atom. The summed E-state index contributed by atoms with van der Waals surface area (Å²) in [5.74, 6) is 0.557. The quantitative estimate of drug-likeness (QED) is 0.672. The van der Waals surface area contributed by atoms with Crippen molar-refractivity contribution in [2.75, 3.05) is 18.6 Å². The lowest BCUT2D eigenvalue weighted by Gasteiger charge is -2.25. The highest BCUT2D eigenvalue weighted by molar-refractivity contribution is 6.01. The van der Waals surface area contributed by atoms with Crippen molar-refractivity contribution >= 4 is 23.1 Å². The zero-order chi connectivity index (χ0) is 15.1. The van der Waals surface area contributed by atoms with Gasteiger partial charge in [-0.25, -0.2) is 9.78 Å². The van der Waals surface area contributed by atoms with E-state index in [1.807, 2.05) is 11.1 Å². The fourth-order valence-corrected chi connectivity index (χ4v) is 2.68. The number of ether oxygens (including phenoxy) is 1. The standard InChI is InChI=1S/C15H14N4O3/c1-21-14(20)10-3-2-4-11-13(10)17-15(22-11)19-8-7-18-6-5-16-12(18)9-19/h2-6H,7-9H2,1H3. The van der Waals surface area contributed by atoms with Crippen molar-refractivity contribution in [3.05, 3.63) is 42.0 Å². The summed E-state index contributed by atoms with van der Waals surface area (Å²) in [6.07, 6.45) is 3.76. The fourth-order valence-electron chi connectivity index (χ4n) is 2.68. The van der Waals surface area contributed by atoms with Crippen LogP contribution in [0.3, 0.4) is 0 Å². The first-order chi connectivity index (χ1) is 10.8. The molecule has 0 amide bonds. The van der Waals surface area contributed by atoms with Crippen LogP contribution in [0.15, 0.2) is 35.0 Å². The molecule has 0 fully saturated rings. The molecule has 7 heteroatoms. The van der Waals surface area contributed by atoms with Crippen LogP contribution in [0.5, 0.6) is 0 Å². The number of aromatic nitrogens is 3. The molecular formula is C15H14N4O3. The van der Waals surface area contributed by atoms with Crippen LogP contribution in [0.4, 0.5) is 6.01 Å². The summed E-state index contributed by atoms with van der Waals surface area (Å²) in [5, 5.41) is 0. The molecule has 1 aliphatic heterocycles. The van der Waals surface area contributed by atoms with Crippen LogP contribution in [0, 0.1) is 0 Å². The molecule has 0 aliphatic carbocycles. The van der Waals surface area contributed by atoms with Crippen molar-refractivity contribution < 1.29 is 13.9 Å². The molecule has 0 atom stereocenters. The normalized spacial score (nSPS) is 14.1. The van der Waals surface area contributed by atoms with Gasteiger partial charge in [0, 0.05) is 25.5 Å². The minimum Gasteiger partial charge on any atom is -0.465 e. The molecule has 3 aromatic rings. The number of anilines is 1. The van der Waals surface area contributed by atoms with E-state index in [2.05, 4.69) is 14.5 Å². The molecule has 1 aliphatic rings. The van der Waals surface area contributed by atoms with Crippen molar-refractivity contribution in [3.63, 3.8) is 0 Å². The van der Waals surface area contributed by atoms with Gasteiger partial charge in [0.25, 0.3) is 6.01 Å². The van der Waals surface area contributed by atoms with Gasteiger partial charge in [-0.3, -0.25) is 0 Å². The number of hydrogen-bond acceptors (Lipinski definition) is 6. The predicted octanol–water partition coefficient (Wildman–Crippen LogP) is 1.83. The first-order valence-electron chi connectivity index (χ1n) is 6.99. The van der Waals surface area contributed by atoms with Crippen molar-refractivity contribution in [2.45, 2.75) is 13.1 Å². The van der Waals surface area contributed by atoms with Gasteiger partial charge >= 0.3 is 5.97 Å². The van der Waals surface area contributed by atoms with Gasteiger partial charge in [0.15, 0.2) is 5.58 Å². The highest BCUT2D eigenvalue weighted by Crippen LogP contribution is 2.27. The molecule has 22 heavy (non-hydrogen) atoms. The number of para-hydroxylation sites is 1. The molecule has 0 spiro atoms. The summed E-state index contributed by atoms with van der Waals surface area (Å²) in [5.41, 5.74) is 1.51. The first-order valence-corrected chi connectivity index (χ1v) is 6.99. The molecule has 0 unspecified atom stereocenters. The van der Waals surface area contributed by atoms with Crippen LogP contribution in [0.1, 0.15) is 16.2 Å². The number of carbonyl (C=O) groups is 1. The minimum atomic E-state index is -0.417. The SMILES string of the molecule is COC(=O)c1cccc2oc(N3CCn4ccnc4C3)nc12. The summed E-state index contributed by atoms with van der Waals surface area (Å²) in [4.78, 5) is 22.6. The van der Waals surface area contributed by atoms with E-state index >= 15 is 0 Å². The minimum absolute atomic E-state index is 0.411. The summed E-state index contributed by atoms with van der Waals surface area (Å²) < 4.78 is 12.7. The third-order valence-electron chi connectivity index (χ3n) is 3.83. The number of methoxy groups -OCH3 is 1. The number of hydrogen-bond donors (Lipinski definition) is 0. The number of rotatable bonds is 2. The van der Waals surface area contributed by atoms with Crippen molar-refractivity contribution in [2.24, 2.45) is 0 Å². The maximum atomic E-state index is 11.8. The van der Waals surface area contributed by atoms with E-state index in [1.165, 1.54) is 7.11 Å². The first kappa shape index (κ1) is 12.9. The maximum absolute atomic E-state index is 11.8. The Balaban J connectivity index is 1.73. The molecule has 0 saturated carbocycles. The number of esters is 1. The molecule has 1 aromatic carbocycles. The van der Waals surface area contributed by atoms with E-state index < -0.39 is 5.97 Å². The van der Waals surface area contributed by atoms with Crippen LogP contribution < -0.4 is 4.90 Å². The Morgan fingerprint density at radius 1 is 1.36 bits per heavy atom. The van der Waals surface area contributed by atoms with Gasteiger partial charge in [-0.1, -0.05) is 6.07 Å². The van der Waals surface area contributed by atoms with Gasteiger partial charge in [0.2, 0.25) is 0 Å². The van der Waals surface area contributed by atoms with Crippen molar-refractivity contribution in [3.8, 4) is 0 Å². The second-order valence-electron chi connectivity index (χ2n) is 5.10. The van der Waals surface area contributed by atoms with Gasteiger partial charge in [-0.2, -0.15) is 4.98 Å². The van der Waals surface area contributed by atoms with E-state index in [0.717, 1.165) is 18.9 Å². The van der Waals surface area contributed by atoms with Crippen molar-refractivity contribution in [1.82, 2.24) is 14.5 Å². The Kier molecular flexibility index (Phi) is 2.85.